The number of anilines is 4. The molecule has 2 N–H and O–H groups in total. The van der Waals surface area contributed by atoms with Crippen LogP contribution in [-0.2, 0) is 0 Å². The number of nitrogens with zero attached hydrogens (tertiary/aromatic N) is 4. The summed E-state index contributed by atoms with van der Waals surface area (Å²) in [5.41, 5.74) is 17.8. The van der Waals surface area contributed by atoms with Gasteiger partial charge in [0.25, 0.3) is 0 Å². The van der Waals surface area contributed by atoms with Crippen molar-refractivity contribution in [1.82, 2.24) is 19.9 Å². The van der Waals surface area contributed by atoms with Crippen molar-refractivity contribution in [3.63, 3.8) is 0 Å². The number of hydrogen-bond donors (Lipinski definition) is 2. The van der Waals surface area contributed by atoms with E-state index in [0.29, 0.717) is 66.5 Å². The van der Waals surface area contributed by atoms with Crippen LogP contribution in [0.5, 0.6) is 0 Å². The van der Waals surface area contributed by atoms with Crippen LogP contribution in [0.15, 0.2) is 244 Å². The molecule has 79 heavy (non-hydrogen) atoms. The summed E-state index contributed by atoms with van der Waals surface area (Å²) in [5.74, 6) is 1.16. The predicted molar refractivity (Wildman–Crippen MR) is 322 cm³/mol. The highest BCUT2D eigenvalue weighted by Gasteiger charge is 2.24. The third-order valence-corrected chi connectivity index (χ3v) is 15.1. The molecule has 0 saturated carbocycles. The van der Waals surface area contributed by atoms with Crippen LogP contribution in [0.1, 0.15) is 0 Å². The van der Waals surface area contributed by atoms with Gasteiger partial charge < -0.3 is 23.9 Å². The SMILES string of the molecule is Clc1ccccc1Nc1ccc2oc3c(-c4ccccc4)nc(-c4cccc(-c5cccc(-c6ccc7oc8c(-c9nc(-c%10ccccc%10)nc%10c9oc9ccc(Nc%11ccccc%11Cl)cc9%10)cccc8c7c6)c5)c4)nc3c2c1. The maximum atomic E-state index is 6.81. The minimum absolute atomic E-state index is 0.564. The van der Waals surface area contributed by atoms with Crippen molar-refractivity contribution in [3.05, 3.63) is 241 Å². The fourth-order valence-electron chi connectivity index (χ4n) is 10.6. The number of hydrogen-bond acceptors (Lipinski definition) is 9. The summed E-state index contributed by atoms with van der Waals surface area (Å²) in [4.78, 5) is 20.8. The highest BCUT2D eigenvalue weighted by atomic mass is 35.5. The molecule has 5 heterocycles. The Bertz CT molecular complexity index is 4900. The largest absolute Gasteiger partial charge is 0.455 e. The van der Waals surface area contributed by atoms with Crippen LogP contribution < -0.4 is 10.6 Å². The molecule has 0 bridgehead atoms. The van der Waals surface area contributed by atoms with Gasteiger partial charge in [0, 0.05) is 55.2 Å². The first kappa shape index (κ1) is 46.3. The van der Waals surface area contributed by atoms with Gasteiger partial charge in [-0.2, -0.15) is 0 Å². The number of rotatable bonds is 10. The maximum Gasteiger partial charge on any atom is 0.180 e. The standard InChI is InChI=1S/C68H40Cl2N6O3/c69-53-24-7-9-26-55(53)71-46-29-32-58-51(37-46)62-65(78-58)60(39-14-3-1-4-15-39)73-68(76-62)45-21-12-20-43(35-45)41-18-11-19-42(34-41)44-28-31-57-50(36-44)48-22-13-23-49(64(48)77-57)61-66-63(75-67(74-61)40-16-5-2-6-17-40)52-38-47(30-33-59(52)79-66)72-56-27-10-8-25-54(56)70/h1-38,71-72H. The molecule has 0 amide bonds. The van der Waals surface area contributed by atoms with E-state index in [1.165, 1.54) is 0 Å². The first-order valence-corrected chi connectivity index (χ1v) is 26.5. The molecule has 15 aromatic rings. The Morgan fingerprint density at radius 2 is 0.759 bits per heavy atom. The molecule has 0 spiro atoms. The first-order chi connectivity index (χ1) is 38.9. The Morgan fingerprint density at radius 3 is 1.38 bits per heavy atom. The molecule has 374 valence electrons. The number of benzene rings is 10. The summed E-state index contributed by atoms with van der Waals surface area (Å²) < 4.78 is 20.0. The van der Waals surface area contributed by atoms with E-state index >= 15 is 0 Å². The fraction of sp³-hybridized carbons (Fsp3) is 0. The summed E-state index contributed by atoms with van der Waals surface area (Å²) in [7, 11) is 0. The monoisotopic (exact) mass is 1060 g/mol. The van der Waals surface area contributed by atoms with Gasteiger partial charge in [-0.15, -0.1) is 0 Å². The molecule has 0 fully saturated rings. The Labute approximate surface area is 461 Å². The van der Waals surface area contributed by atoms with Crippen molar-refractivity contribution in [3.8, 4) is 67.5 Å². The molecule has 0 radical (unpaired) electrons. The van der Waals surface area contributed by atoms with Crippen molar-refractivity contribution in [1.29, 1.82) is 0 Å². The average Bonchev–Trinajstić information content (AvgIpc) is 4.27. The lowest BCUT2D eigenvalue weighted by Gasteiger charge is -2.10. The second kappa shape index (κ2) is 18.9. The van der Waals surface area contributed by atoms with E-state index in [9.17, 15) is 0 Å². The van der Waals surface area contributed by atoms with Gasteiger partial charge in [-0.3, -0.25) is 0 Å². The number of aromatic nitrogens is 4. The molecule has 10 aromatic carbocycles. The summed E-state index contributed by atoms with van der Waals surface area (Å²) in [6.45, 7) is 0. The molecular weight excluding hydrogens is 1020 g/mol. The maximum absolute atomic E-state index is 6.81. The number of furan rings is 3. The van der Waals surface area contributed by atoms with Gasteiger partial charge >= 0.3 is 0 Å². The van der Waals surface area contributed by atoms with E-state index in [1.54, 1.807) is 0 Å². The van der Waals surface area contributed by atoms with Crippen LogP contribution in [0.4, 0.5) is 22.7 Å². The van der Waals surface area contributed by atoms with Crippen LogP contribution in [-0.4, -0.2) is 19.9 Å². The molecule has 0 atom stereocenters. The molecule has 5 aromatic heterocycles. The summed E-state index contributed by atoms with van der Waals surface area (Å²) in [5, 5.41) is 11.8. The van der Waals surface area contributed by atoms with Gasteiger partial charge in [0.1, 0.15) is 44.8 Å². The fourth-order valence-corrected chi connectivity index (χ4v) is 10.9. The quantitative estimate of drug-likeness (QED) is 0.138. The molecular formula is C68H40Cl2N6O3. The molecule has 11 heteroatoms. The first-order valence-electron chi connectivity index (χ1n) is 25.7. The van der Waals surface area contributed by atoms with Crippen LogP contribution >= 0.6 is 23.2 Å². The smallest absolute Gasteiger partial charge is 0.180 e. The molecule has 0 aliphatic rings. The van der Waals surface area contributed by atoms with E-state index in [4.69, 9.17) is 56.4 Å². The Balaban J connectivity index is 0.799. The van der Waals surface area contributed by atoms with Gasteiger partial charge in [0.05, 0.1) is 21.4 Å². The lowest BCUT2D eigenvalue weighted by molar-refractivity contribution is 0.663. The van der Waals surface area contributed by atoms with Gasteiger partial charge in [-0.25, -0.2) is 19.9 Å². The zero-order valence-corrected chi connectivity index (χ0v) is 43.2. The number of halogens is 2. The summed E-state index contributed by atoms with van der Waals surface area (Å²) in [6, 6.07) is 77.0. The molecule has 15 rings (SSSR count). The summed E-state index contributed by atoms with van der Waals surface area (Å²) >= 11 is 13.1. The molecule has 0 saturated heterocycles. The van der Waals surface area contributed by atoms with Gasteiger partial charge in [0.2, 0.25) is 0 Å². The highest BCUT2D eigenvalue weighted by molar-refractivity contribution is 6.33. The van der Waals surface area contributed by atoms with Gasteiger partial charge in [0.15, 0.2) is 22.8 Å². The molecule has 0 aliphatic heterocycles. The van der Waals surface area contributed by atoms with Gasteiger partial charge in [-0.05, 0) is 113 Å². The normalized spacial score (nSPS) is 11.7. The minimum atomic E-state index is 0.564. The van der Waals surface area contributed by atoms with E-state index in [-0.39, 0.29) is 0 Å². The third-order valence-electron chi connectivity index (χ3n) is 14.4. The van der Waals surface area contributed by atoms with Crippen LogP contribution in [0.2, 0.25) is 10.0 Å². The molecule has 9 nitrogen and oxygen atoms in total. The topological polar surface area (TPSA) is 115 Å². The van der Waals surface area contributed by atoms with Crippen LogP contribution in [0.3, 0.4) is 0 Å². The predicted octanol–water partition coefficient (Wildman–Crippen LogP) is 19.8. The second-order valence-corrected chi connectivity index (χ2v) is 20.2. The molecule has 0 unspecified atom stereocenters. The zero-order valence-electron chi connectivity index (χ0n) is 41.7. The Morgan fingerprint density at radius 1 is 0.304 bits per heavy atom. The van der Waals surface area contributed by atoms with Crippen molar-refractivity contribution >= 4 is 112 Å². The number of para-hydroxylation sites is 3. The van der Waals surface area contributed by atoms with Gasteiger partial charge in [-0.1, -0.05) is 163 Å². The van der Waals surface area contributed by atoms with E-state index in [0.717, 1.165) is 99.9 Å². The Kier molecular flexibility index (Phi) is 11.1. The van der Waals surface area contributed by atoms with E-state index in [1.807, 2.05) is 152 Å². The van der Waals surface area contributed by atoms with Crippen LogP contribution in [0.25, 0.3) is 134 Å². The lowest BCUT2D eigenvalue weighted by Crippen LogP contribution is -1.94. The Hall–Kier alpha value is -10.1. The zero-order chi connectivity index (χ0) is 52.6. The van der Waals surface area contributed by atoms with Crippen molar-refractivity contribution in [2.45, 2.75) is 0 Å². The van der Waals surface area contributed by atoms with Crippen molar-refractivity contribution < 1.29 is 13.3 Å². The van der Waals surface area contributed by atoms with Crippen molar-refractivity contribution in [2.24, 2.45) is 0 Å². The highest BCUT2D eigenvalue weighted by Crippen LogP contribution is 2.44. The number of nitrogens with one attached hydrogen (secondary N) is 2. The molecule has 0 aliphatic carbocycles. The summed E-state index contributed by atoms with van der Waals surface area (Å²) in [6.07, 6.45) is 0. The minimum Gasteiger partial charge on any atom is -0.455 e. The van der Waals surface area contributed by atoms with E-state index in [2.05, 4.69) is 89.5 Å². The average molecular weight is 1060 g/mol. The van der Waals surface area contributed by atoms with Crippen molar-refractivity contribution in [2.75, 3.05) is 10.6 Å². The second-order valence-electron chi connectivity index (χ2n) is 19.4. The number of fused-ring (bicyclic) bond motifs is 9. The lowest BCUT2D eigenvalue weighted by atomic mass is 9.96. The third kappa shape index (κ3) is 8.28. The van der Waals surface area contributed by atoms with Crippen LogP contribution in [0, 0.1) is 0 Å². The van der Waals surface area contributed by atoms with E-state index < -0.39 is 0 Å².